The number of rotatable bonds is 5. The molecule has 3 aromatic rings. The van der Waals surface area contributed by atoms with E-state index < -0.39 is 11.7 Å². The van der Waals surface area contributed by atoms with Crippen molar-refractivity contribution in [2.24, 2.45) is 11.7 Å². The summed E-state index contributed by atoms with van der Waals surface area (Å²) in [5.74, 6) is -0.0972. The van der Waals surface area contributed by atoms with Crippen LogP contribution >= 0.6 is 0 Å². The molecule has 0 unspecified atom stereocenters. The van der Waals surface area contributed by atoms with E-state index in [4.69, 9.17) is 4.79 Å². The number of nitrogens with one attached hydrogen (secondary N) is 1. The highest BCUT2D eigenvalue weighted by Crippen LogP contribution is 2.20. The number of benzene rings is 2. The van der Waals surface area contributed by atoms with Gasteiger partial charge < -0.3 is 15.5 Å². The van der Waals surface area contributed by atoms with E-state index in [0.717, 1.165) is 17.7 Å². The Bertz CT molecular complexity index is 1250. The molecular formula is C27H34FN5O4. The number of halogens is 1. The Morgan fingerprint density at radius 2 is 1.70 bits per heavy atom. The summed E-state index contributed by atoms with van der Waals surface area (Å²) < 4.78 is 14.4. The maximum absolute atomic E-state index is 14.4. The van der Waals surface area contributed by atoms with Crippen molar-refractivity contribution >= 4 is 29.5 Å². The number of aromatic amines is 1. The van der Waals surface area contributed by atoms with Gasteiger partial charge in [-0.25, -0.2) is 9.49 Å². The number of hydrogen-bond acceptors (Lipinski definition) is 5. The van der Waals surface area contributed by atoms with Crippen molar-refractivity contribution in [3.8, 4) is 0 Å². The van der Waals surface area contributed by atoms with Crippen molar-refractivity contribution in [3.05, 3.63) is 75.5 Å². The lowest BCUT2D eigenvalue weighted by Gasteiger charge is -2.32. The zero-order valence-corrected chi connectivity index (χ0v) is 21.4. The predicted molar refractivity (Wildman–Crippen MR) is 140 cm³/mol. The minimum Gasteiger partial charge on any atom is -0.372 e. The van der Waals surface area contributed by atoms with Gasteiger partial charge in [-0.05, 0) is 29.7 Å². The van der Waals surface area contributed by atoms with E-state index in [1.54, 1.807) is 28.0 Å². The molecule has 0 radical (unpaired) electrons. The van der Waals surface area contributed by atoms with Gasteiger partial charge in [0.25, 0.3) is 11.5 Å². The molecule has 1 aliphatic rings. The lowest BCUT2D eigenvalue weighted by atomic mass is 10.0. The quantitative estimate of drug-likeness (QED) is 0.509. The van der Waals surface area contributed by atoms with Gasteiger partial charge in [0.2, 0.25) is 12.8 Å². The molecule has 1 aromatic heterocycles. The van der Waals surface area contributed by atoms with Crippen molar-refractivity contribution in [3.63, 3.8) is 0 Å². The molecule has 0 bridgehead atoms. The summed E-state index contributed by atoms with van der Waals surface area (Å²) >= 11 is 0. The van der Waals surface area contributed by atoms with Crippen molar-refractivity contribution in [2.45, 2.75) is 33.6 Å². The number of primary amides is 1. The Morgan fingerprint density at radius 3 is 2.27 bits per heavy atom. The summed E-state index contributed by atoms with van der Waals surface area (Å²) in [6.07, 6.45) is 2.65. The van der Waals surface area contributed by atoms with E-state index >= 15 is 0 Å². The number of carbonyl (C=O) groups is 3. The van der Waals surface area contributed by atoms with Crippen LogP contribution in [0.15, 0.2) is 47.3 Å². The van der Waals surface area contributed by atoms with Gasteiger partial charge in [0.1, 0.15) is 5.82 Å². The highest BCUT2D eigenvalue weighted by atomic mass is 19.1. The fraction of sp³-hybridized carbons (Fsp3) is 0.370. The number of aromatic nitrogens is 2. The first kappa shape index (κ1) is 29.2. The molecule has 2 heterocycles. The smallest absolute Gasteiger partial charge is 0.272 e. The molecule has 37 heavy (non-hydrogen) atoms. The zero-order chi connectivity index (χ0) is 27.4. The number of nitrogens with zero attached hydrogens (tertiary/aromatic N) is 3. The molecule has 3 amide bonds. The van der Waals surface area contributed by atoms with E-state index in [9.17, 15) is 18.8 Å². The number of carbonyl (C=O) groups excluding carboxylic acids is 3. The molecule has 198 valence electrons. The molecule has 0 spiro atoms. The van der Waals surface area contributed by atoms with Crippen LogP contribution in [-0.2, 0) is 16.0 Å². The second kappa shape index (κ2) is 14.5. The van der Waals surface area contributed by atoms with Crippen LogP contribution in [0.2, 0.25) is 0 Å². The Kier molecular flexibility index (Phi) is 11.4. The van der Waals surface area contributed by atoms with Crippen LogP contribution in [0, 0.1) is 11.7 Å². The minimum atomic E-state index is -0.587. The van der Waals surface area contributed by atoms with Gasteiger partial charge in [0.15, 0.2) is 0 Å². The van der Waals surface area contributed by atoms with Gasteiger partial charge in [-0.15, -0.1) is 0 Å². The van der Waals surface area contributed by atoms with Crippen molar-refractivity contribution in [1.82, 2.24) is 20.0 Å². The molecule has 3 N–H and O–H groups in total. The molecule has 2 aromatic carbocycles. The number of piperazine rings is 1. The van der Waals surface area contributed by atoms with E-state index in [1.165, 1.54) is 18.6 Å². The fourth-order valence-electron chi connectivity index (χ4n) is 3.55. The summed E-state index contributed by atoms with van der Waals surface area (Å²) in [6, 6.07) is 11.6. The molecule has 10 heteroatoms. The average molecular weight is 512 g/mol. The molecule has 4 rings (SSSR count). The number of H-pyrrole nitrogens is 1. The van der Waals surface area contributed by atoms with Gasteiger partial charge in [-0.2, -0.15) is 5.10 Å². The maximum Gasteiger partial charge on any atom is 0.272 e. The molecule has 1 saturated heterocycles. The van der Waals surface area contributed by atoms with E-state index in [0.29, 0.717) is 49.2 Å². The van der Waals surface area contributed by atoms with Crippen LogP contribution in [0.5, 0.6) is 0 Å². The number of fused-ring (bicyclic) bond motifs is 1. The monoisotopic (exact) mass is 511 g/mol. The van der Waals surface area contributed by atoms with Crippen LogP contribution in [0.4, 0.5) is 4.39 Å². The molecule has 9 nitrogen and oxygen atoms in total. The fourth-order valence-corrected chi connectivity index (χ4v) is 3.55. The van der Waals surface area contributed by atoms with E-state index in [1.807, 2.05) is 12.1 Å². The van der Waals surface area contributed by atoms with Crippen LogP contribution in [0.1, 0.15) is 48.8 Å². The SMILES string of the molecule is CCC(C)C.NC=O.O=CN1CCN(C(=O)c2cc(Cc3n[nH]c(=O)c4ccccc34)ccc2F)CC1. The van der Waals surface area contributed by atoms with E-state index in [2.05, 4.69) is 36.7 Å². The highest BCUT2D eigenvalue weighted by Gasteiger charge is 2.24. The molecule has 1 aliphatic heterocycles. The second-order valence-electron chi connectivity index (χ2n) is 8.91. The number of hydrogen-bond donors (Lipinski definition) is 2. The Balaban J connectivity index is 0.000000530. The molecule has 0 atom stereocenters. The van der Waals surface area contributed by atoms with Gasteiger partial charge in [-0.1, -0.05) is 51.5 Å². The van der Waals surface area contributed by atoms with Crippen molar-refractivity contribution < 1.29 is 18.8 Å². The highest BCUT2D eigenvalue weighted by molar-refractivity contribution is 5.95. The van der Waals surface area contributed by atoms with Crippen LogP contribution in [0.25, 0.3) is 10.8 Å². The third-order valence-electron chi connectivity index (χ3n) is 5.97. The first-order valence-corrected chi connectivity index (χ1v) is 12.1. The van der Waals surface area contributed by atoms with Crippen LogP contribution < -0.4 is 11.3 Å². The standard InChI is InChI=1S/C21H19FN4O3.C5H12.CH3NO/c22-18-6-5-14(11-17(18)21(29)26-9-7-25(13-27)8-10-26)12-19-15-3-1-2-4-16(15)20(28)24-23-19;1-4-5(2)3;2-1-3/h1-6,11,13H,7-10,12H2,(H,24,28);5H,4H2,1-3H3;1H,(H2,2,3). The largest absolute Gasteiger partial charge is 0.372 e. The minimum absolute atomic E-state index is 0.00390. The molecule has 0 aliphatic carbocycles. The van der Waals surface area contributed by atoms with Gasteiger partial charge in [-0.3, -0.25) is 19.2 Å². The normalized spacial score (nSPS) is 12.8. The van der Waals surface area contributed by atoms with E-state index in [-0.39, 0.29) is 17.5 Å². The summed E-state index contributed by atoms with van der Waals surface area (Å²) in [7, 11) is 0. The lowest BCUT2D eigenvalue weighted by molar-refractivity contribution is -0.119. The summed E-state index contributed by atoms with van der Waals surface area (Å²) in [5, 5.41) is 7.88. The molecule has 1 fully saturated rings. The second-order valence-corrected chi connectivity index (χ2v) is 8.91. The third kappa shape index (κ3) is 8.23. The Morgan fingerprint density at radius 1 is 1.11 bits per heavy atom. The average Bonchev–Trinajstić information content (AvgIpc) is 2.92. The zero-order valence-electron chi connectivity index (χ0n) is 21.4. The lowest BCUT2D eigenvalue weighted by Crippen LogP contribution is -2.48. The van der Waals surface area contributed by atoms with Crippen molar-refractivity contribution in [1.29, 1.82) is 0 Å². The maximum atomic E-state index is 14.4. The van der Waals surface area contributed by atoms with Gasteiger partial charge >= 0.3 is 0 Å². The van der Waals surface area contributed by atoms with Crippen LogP contribution in [0.3, 0.4) is 0 Å². The number of nitrogens with two attached hydrogens (primary N) is 1. The Labute approximate surface area is 215 Å². The van der Waals surface area contributed by atoms with Gasteiger partial charge in [0.05, 0.1) is 16.6 Å². The predicted octanol–water partition coefficient (Wildman–Crippen LogP) is 2.72. The number of amides is 3. The summed E-state index contributed by atoms with van der Waals surface area (Å²) in [6.45, 7) is 8.25. The van der Waals surface area contributed by atoms with Crippen LogP contribution in [-0.4, -0.2) is 64.9 Å². The molecule has 0 saturated carbocycles. The summed E-state index contributed by atoms with van der Waals surface area (Å²) in [5.41, 5.74) is 5.25. The topological polar surface area (TPSA) is 129 Å². The molecular weight excluding hydrogens is 477 g/mol. The first-order valence-electron chi connectivity index (χ1n) is 12.1. The first-order chi connectivity index (χ1) is 17.7. The Hall–Kier alpha value is -4.08. The summed E-state index contributed by atoms with van der Waals surface area (Å²) in [4.78, 5) is 47.3. The third-order valence-corrected chi connectivity index (χ3v) is 5.97. The van der Waals surface area contributed by atoms with Crippen molar-refractivity contribution in [2.75, 3.05) is 26.2 Å². The van der Waals surface area contributed by atoms with Gasteiger partial charge in [0, 0.05) is 38.0 Å².